The second kappa shape index (κ2) is 5.70. The lowest BCUT2D eigenvalue weighted by Crippen LogP contribution is -2.41. The summed E-state index contributed by atoms with van der Waals surface area (Å²) in [6.07, 6.45) is 1.04. The molecule has 0 saturated carbocycles. The van der Waals surface area contributed by atoms with Gasteiger partial charge in [0.05, 0.1) is 4.92 Å². The molecule has 1 aromatic carbocycles. The summed E-state index contributed by atoms with van der Waals surface area (Å²) in [6.45, 7) is 11.6. The van der Waals surface area contributed by atoms with Crippen LogP contribution in [0.25, 0.3) is 0 Å². The lowest BCUT2D eigenvalue weighted by molar-refractivity contribution is -0.384. The largest absolute Gasteiger partial charge is 0.308 e. The monoisotopic (exact) mass is 264 g/mol. The summed E-state index contributed by atoms with van der Waals surface area (Å²) in [7, 11) is 0. The van der Waals surface area contributed by atoms with Crippen molar-refractivity contribution in [1.29, 1.82) is 0 Å². The van der Waals surface area contributed by atoms with E-state index < -0.39 is 0 Å². The first-order valence-corrected chi connectivity index (χ1v) is 6.57. The molecule has 4 heteroatoms. The molecule has 0 spiro atoms. The van der Waals surface area contributed by atoms with Gasteiger partial charge in [-0.3, -0.25) is 10.1 Å². The topological polar surface area (TPSA) is 55.2 Å². The molecule has 4 nitrogen and oxygen atoms in total. The van der Waals surface area contributed by atoms with Gasteiger partial charge in [0.15, 0.2) is 0 Å². The van der Waals surface area contributed by atoms with Crippen LogP contribution in [0, 0.1) is 15.5 Å². The Balaban J connectivity index is 2.66. The average molecular weight is 264 g/mol. The van der Waals surface area contributed by atoms with Crippen LogP contribution in [-0.2, 0) is 6.54 Å². The Labute approximate surface area is 115 Å². The van der Waals surface area contributed by atoms with E-state index in [2.05, 4.69) is 39.9 Å². The van der Waals surface area contributed by atoms with Gasteiger partial charge in [-0.2, -0.15) is 0 Å². The smallest absolute Gasteiger partial charge is 0.269 e. The first-order valence-electron chi connectivity index (χ1n) is 6.57. The Kier molecular flexibility index (Phi) is 4.69. The van der Waals surface area contributed by atoms with Crippen LogP contribution < -0.4 is 5.32 Å². The van der Waals surface area contributed by atoms with E-state index in [1.54, 1.807) is 12.1 Å². The normalized spacial score (nSPS) is 12.5. The highest BCUT2D eigenvalue weighted by atomic mass is 16.6. The number of hydrogen-bond acceptors (Lipinski definition) is 3. The molecule has 0 saturated heterocycles. The summed E-state index contributed by atoms with van der Waals surface area (Å²) < 4.78 is 0. The van der Waals surface area contributed by atoms with Gasteiger partial charge in [0.25, 0.3) is 5.69 Å². The summed E-state index contributed by atoms with van der Waals surface area (Å²) in [6, 6.07) is 6.78. The van der Waals surface area contributed by atoms with Crippen LogP contribution in [-0.4, -0.2) is 10.5 Å². The molecule has 0 aliphatic heterocycles. The van der Waals surface area contributed by atoms with Crippen molar-refractivity contribution in [2.75, 3.05) is 0 Å². The fourth-order valence-corrected chi connectivity index (χ4v) is 2.51. The number of non-ortho nitro benzene ring substituents is 1. The molecular weight excluding hydrogens is 240 g/mol. The number of hydrogen-bond donors (Lipinski definition) is 1. The third kappa shape index (κ3) is 5.83. The average Bonchev–Trinajstić information content (AvgIpc) is 2.24. The molecule has 0 amide bonds. The molecule has 0 fully saturated rings. The van der Waals surface area contributed by atoms with Crippen LogP contribution in [0.3, 0.4) is 0 Å². The summed E-state index contributed by atoms with van der Waals surface area (Å²) in [5, 5.41) is 14.2. The minimum absolute atomic E-state index is 0.00285. The highest BCUT2D eigenvalue weighted by molar-refractivity contribution is 5.34. The number of nitrogens with zero attached hydrogens (tertiary/aromatic N) is 1. The minimum atomic E-state index is -0.357. The van der Waals surface area contributed by atoms with E-state index in [4.69, 9.17) is 0 Å². The van der Waals surface area contributed by atoms with Crippen molar-refractivity contribution < 1.29 is 4.92 Å². The molecule has 0 radical (unpaired) electrons. The van der Waals surface area contributed by atoms with Crippen LogP contribution in [0.1, 0.15) is 46.6 Å². The quantitative estimate of drug-likeness (QED) is 0.648. The van der Waals surface area contributed by atoms with Crippen molar-refractivity contribution in [2.45, 2.75) is 53.1 Å². The van der Waals surface area contributed by atoms with E-state index in [0.29, 0.717) is 6.54 Å². The second-order valence-corrected chi connectivity index (χ2v) is 6.90. The third-order valence-electron chi connectivity index (χ3n) is 2.86. The highest BCUT2D eigenvalue weighted by Crippen LogP contribution is 2.27. The number of benzene rings is 1. The Morgan fingerprint density at radius 1 is 1.21 bits per heavy atom. The summed E-state index contributed by atoms with van der Waals surface area (Å²) in [5.74, 6) is 0. The zero-order chi connectivity index (χ0) is 14.7. The van der Waals surface area contributed by atoms with Crippen molar-refractivity contribution in [3.05, 3.63) is 39.9 Å². The summed E-state index contributed by atoms with van der Waals surface area (Å²) in [4.78, 5) is 10.4. The third-order valence-corrected chi connectivity index (χ3v) is 2.86. The van der Waals surface area contributed by atoms with Gasteiger partial charge in [0, 0.05) is 24.2 Å². The fourth-order valence-electron chi connectivity index (χ4n) is 2.51. The first-order chi connectivity index (χ1) is 8.59. The zero-order valence-corrected chi connectivity index (χ0v) is 12.5. The van der Waals surface area contributed by atoms with Crippen LogP contribution in [0.2, 0.25) is 0 Å². The van der Waals surface area contributed by atoms with Gasteiger partial charge in [0.1, 0.15) is 0 Å². The Morgan fingerprint density at radius 3 is 2.37 bits per heavy atom. The van der Waals surface area contributed by atoms with Crippen LogP contribution in [0.15, 0.2) is 24.3 Å². The van der Waals surface area contributed by atoms with E-state index in [1.165, 1.54) is 6.07 Å². The molecule has 0 aliphatic carbocycles. The van der Waals surface area contributed by atoms with Crippen molar-refractivity contribution >= 4 is 5.69 Å². The van der Waals surface area contributed by atoms with Gasteiger partial charge in [-0.05, 0) is 31.2 Å². The molecule has 1 aromatic rings. The molecule has 0 aliphatic rings. The first kappa shape index (κ1) is 15.6. The highest BCUT2D eigenvalue weighted by Gasteiger charge is 2.24. The minimum Gasteiger partial charge on any atom is -0.308 e. The van der Waals surface area contributed by atoms with E-state index in [9.17, 15) is 10.1 Å². The number of nitro benzene ring substituents is 1. The fraction of sp³-hybridized carbons (Fsp3) is 0.600. The van der Waals surface area contributed by atoms with Crippen molar-refractivity contribution in [2.24, 2.45) is 5.41 Å². The Morgan fingerprint density at radius 2 is 1.84 bits per heavy atom. The molecular formula is C15H24N2O2. The molecule has 1 rings (SSSR count). The lowest BCUT2D eigenvalue weighted by Gasteiger charge is -2.33. The van der Waals surface area contributed by atoms with Gasteiger partial charge in [-0.15, -0.1) is 0 Å². The maximum Gasteiger partial charge on any atom is 0.269 e. The van der Waals surface area contributed by atoms with E-state index in [-0.39, 0.29) is 21.6 Å². The maximum absolute atomic E-state index is 10.7. The number of rotatable bonds is 5. The SMILES string of the molecule is CC(C)(C)CC(C)(C)NCc1cccc([N+](=O)[O-])c1. The predicted molar refractivity (Wildman–Crippen MR) is 78.1 cm³/mol. The van der Waals surface area contributed by atoms with Crippen molar-refractivity contribution in [1.82, 2.24) is 5.32 Å². The molecule has 0 atom stereocenters. The lowest BCUT2D eigenvalue weighted by atomic mass is 9.82. The zero-order valence-electron chi connectivity index (χ0n) is 12.5. The molecule has 0 aromatic heterocycles. The molecule has 1 N–H and O–H groups in total. The van der Waals surface area contributed by atoms with E-state index in [1.807, 2.05) is 6.07 Å². The van der Waals surface area contributed by atoms with Crippen LogP contribution >= 0.6 is 0 Å². The molecule has 0 unspecified atom stereocenters. The van der Waals surface area contributed by atoms with E-state index in [0.717, 1.165) is 12.0 Å². The van der Waals surface area contributed by atoms with Gasteiger partial charge < -0.3 is 5.32 Å². The van der Waals surface area contributed by atoms with Crippen molar-refractivity contribution in [3.63, 3.8) is 0 Å². The van der Waals surface area contributed by atoms with Crippen LogP contribution in [0.4, 0.5) is 5.69 Å². The molecule has 106 valence electrons. The Hall–Kier alpha value is -1.42. The van der Waals surface area contributed by atoms with Gasteiger partial charge in [0.2, 0.25) is 0 Å². The van der Waals surface area contributed by atoms with Gasteiger partial charge >= 0.3 is 0 Å². The van der Waals surface area contributed by atoms with E-state index >= 15 is 0 Å². The standard InChI is InChI=1S/C15H24N2O2/c1-14(2,3)11-15(4,5)16-10-12-7-6-8-13(9-12)17(18)19/h6-9,16H,10-11H2,1-5H3. The molecule has 19 heavy (non-hydrogen) atoms. The number of nitro groups is 1. The number of nitrogens with one attached hydrogen (secondary N) is 1. The molecule has 0 bridgehead atoms. The summed E-state index contributed by atoms with van der Waals surface area (Å²) in [5.41, 5.74) is 1.34. The van der Waals surface area contributed by atoms with Gasteiger partial charge in [-0.25, -0.2) is 0 Å². The Bertz CT molecular complexity index is 448. The second-order valence-electron chi connectivity index (χ2n) is 6.90. The maximum atomic E-state index is 10.7. The van der Waals surface area contributed by atoms with Gasteiger partial charge in [-0.1, -0.05) is 32.9 Å². The molecule has 0 heterocycles. The van der Waals surface area contributed by atoms with Crippen LogP contribution in [0.5, 0.6) is 0 Å². The predicted octanol–water partition coefficient (Wildman–Crippen LogP) is 3.90. The summed E-state index contributed by atoms with van der Waals surface area (Å²) >= 11 is 0. The van der Waals surface area contributed by atoms with Crippen molar-refractivity contribution in [3.8, 4) is 0 Å².